The maximum absolute atomic E-state index is 14.2. The number of sulfonamides is 1. The lowest BCUT2D eigenvalue weighted by atomic mass is 9.89. The summed E-state index contributed by atoms with van der Waals surface area (Å²) in [7, 11) is -4.07. The summed E-state index contributed by atoms with van der Waals surface area (Å²) in [4.78, 5) is 13.4. The summed E-state index contributed by atoms with van der Waals surface area (Å²) in [6.07, 6.45) is 1.91. The summed E-state index contributed by atoms with van der Waals surface area (Å²) in [6, 6.07) is 24.7. The third-order valence-corrected chi connectivity index (χ3v) is 7.83. The Kier molecular flexibility index (Phi) is 6.92. The van der Waals surface area contributed by atoms with Crippen LogP contribution < -0.4 is 0 Å². The molecule has 0 radical (unpaired) electrons. The van der Waals surface area contributed by atoms with Gasteiger partial charge in [0, 0.05) is 5.92 Å². The van der Waals surface area contributed by atoms with Crippen LogP contribution in [0.4, 0.5) is 0 Å². The van der Waals surface area contributed by atoms with Crippen molar-refractivity contribution in [2.24, 2.45) is 0 Å². The number of rotatable bonds is 6. The molecule has 0 N–H and O–H groups in total. The molecule has 1 aliphatic rings. The van der Waals surface area contributed by atoms with Crippen LogP contribution in [0.25, 0.3) is 5.70 Å². The van der Waals surface area contributed by atoms with Crippen molar-refractivity contribution in [1.82, 2.24) is 4.31 Å². The Bertz CT molecular complexity index is 1390. The van der Waals surface area contributed by atoms with Gasteiger partial charge in [-0.3, -0.25) is 4.31 Å². The number of aryl methyl sites for hydroxylation is 1. The SMILES string of the molecule is C=C(C(=O)OC(C)(C)C)[C@@H]1[C@@H](c2ccccc2)C=C(c2ccccc2)N1S(=O)(=O)c1ccc(C)cc1. The molecule has 0 fully saturated rings. The molecule has 186 valence electrons. The van der Waals surface area contributed by atoms with Crippen LogP contribution in [0.15, 0.2) is 108 Å². The van der Waals surface area contributed by atoms with Crippen LogP contribution in [0.1, 0.15) is 43.4 Å². The fourth-order valence-corrected chi connectivity index (χ4v) is 6.03. The first-order valence-electron chi connectivity index (χ1n) is 11.8. The molecule has 0 spiro atoms. The number of hydrogen-bond acceptors (Lipinski definition) is 4. The number of benzene rings is 3. The van der Waals surface area contributed by atoms with E-state index in [-0.39, 0.29) is 10.5 Å². The molecule has 1 aliphatic heterocycles. The molecule has 3 aromatic rings. The second-order valence-corrected chi connectivity index (χ2v) is 11.8. The van der Waals surface area contributed by atoms with E-state index in [0.717, 1.165) is 16.7 Å². The van der Waals surface area contributed by atoms with Gasteiger partial charge in [0.15, 0.2) is 0 Å². The first kappa shape index (κ1) is 25.5. The first-order chi connectivity index (χ1) is 17.0. The summed E-state index contributed by atoms with van der Waals surface area (Å²) in [6.45, 7) is 11.3. The van der Waals surface area contributed by atoms with E-state index in [0.29, 0.717) is 5.70 Å². The minimum absolute atomic E-state index is 0.0802. The maximum atomic E-state index is 14.2. The van der Waals surface area contributed by atoms with Crippen LogP contribution in [0.3, 0.4) is 0 Å². The highest BCUT2D eigenvalue weighted by molar-refractivity contribution is 7.89. The molecular weight excluding hydrogens is 470 g/mol. The molecule has 0 aliphatic carbocycles. The lowest BCUT2D eigenvalue weighted by Gasteiger charge is -2.33. The smallest absolute Gasteiger partial charge is 0.336 e. The van der Waals surface area contributed by atoms with Crippen molar-refractivity contribution in [3.8, 4) is 0 Å². The fourth-order valence-electron chi connectivity index (χ4n) is 4.34. The topological polar surface area (TPSA) is 63.7 Å². The molecule has 2 atom stereocenters. The zero-order chi connectivity index (χ0) is 26.1. The van der Waals surface area contributed by atoms with Crippen molar-refractivity contribution >= 4 is 21.7 Å². The number of esters is 1. The quantitative estimate of drug-likeness (QED) is 0.303. The van der Waals surface area contributed by atoms with Gasteiger partial charge in [-0.2, -0.15) is 0 Å². The highest BCUT2D eigenvalue weighted by Crippen LogP contribution is 2.45. The van der Waals surface area contributed by atoms with Gasteiger partial charge in [-0.05, 0) is 57.0 Å². The number of ether oxygens (including phenoxy) is 1. The Morgan fingerprint density at radius 1 is 0.889 bits per heavy atom. The van der Waals surface area contributed by atoms with Gasteiger partial charge in [0.1, 0.15) is 5.60 Å². The predicted molar refractivity (Wildman–Crippen MR) is 143 cm³/mol. The molecule has 0 bridgehead atoms. The van der Waals surface area contributed by atoms with Gasteiger partial charge < -0.3 is 4.74 Å². The average molecular weight is 502 g/mol. The minimum atomic E-state index is -4.07. The summed E-state index contributed by atoms with van der Waals surface area (Å²) >= 11 is 0. The first-order valence-corrected chi connectivity index (χ1v) is 13.3. The van der Waals surface area contributed by atoms with Gasteiger partial charge in [0.2, 0.25) is 0 Å². The lowest BCUT2D eigenvalue weighted by Crippen LogP contribution is -2.42. The van der Waals surface area contributed by atoms with Gasteiger partial charge in [-0.25, -0.2) is 13.2 Å². The van der Waals surface area contributed by atoms with E-state index in [2.05, 4.69) is 6.58 Å². The molecule has 0 amide bonds. The van der Waals surface area contributed by atoms with Crippen molar-refractivity contribution in [1.29, 1.82) is 0 Å². The predicted octanol–water partition coefficient (Wildman–Crippen LogP) is 6.09. The molecule has 6 heteroatoms. The highest BCUT2D eigenvalue weighted by atomic mass is 32.2. The van der Waals surface area contributed by atoms with E-state index in [1.54, 1.807) is 45.0 Å². The van der Waals surface area contributed by atoms with Crippen LogP contribution in [-0.4, -0.2) is 30.3 Å². The molecule has 0 saturated carbocycles. The molecular formula is C30H31NO4S. The van der Waals surface area contributed by atoms with Gasteiger partial charge >= 0.3 is 5.97 Å². The summed E-state index contributed by atoms with van der Waals surface area (Å²) < 4.78 is 35.4. The van der Waals surface area contributed by atoms with Crippen molar-refractivity contribution in [2.75, 3.05) is 0 Å². The Labute approximate surface area is 213 Å². The Morgan fingerprint density at radius 2 is 1.44 bits per heavy atom. The van der Waals surface area contributed by atoms with Crippen molar-refractivity contribution < 1.29 is 17.9 Å². The van der Waals surface area contributed by atoms with Crippen LogP contribution in [-0.2, 0) is 19.6 Å². The second-order valence-electron chi connectivity index (χ2n) is 9.94. The van der Waals surface area contributed by atoms with Crippen molar-refractivity contribution in [2.45, 2.75) is 50.2 Å². The van der Waals surface area contributed by atoms with Crippen LogP contribution in [0.5, 0.6) is 0 Å². The molecule has 1 heterocycles. The Hall–Kier alpha value is -3.64. The molecule has 4 rings (SSSR count). The monoisotopic (exact) mass is 501 g/mol. The highest BCUT2D eigenvalue weighted by Gasteiger charge is 2.46. The van der Waals surface area contributed by atoms with E-state index in [4.69, 9.17) is 4.74 Å². The third-order valence-electron chi connectivity index (χ3n) is 6.02. The molecule has 5 nitrogen and oxygen atoms in total. The zero-order valence-corrected chi connectivity index (χ0v) is 21.8. The van der Waals surface area contributed by atoms with E-state index in [1.165, 1.54) is 4.31 Å². The second kappa shape index (κ2) is 9.78. The standard InChI is InChI=1S/C30H31NO4S/c1-21-16-18-25(19-17-21)36(33,34)31-27(24-14-10-7-11-15-24)20-26(23-12-8-6-9-13-23)28(31)22(2)29(32)35-30(3,4)5/h6-20,26,28H,2H2,1,3-5H3/t26-,28-/m1/s1. The van der Waals surface area contributed by atoms with Gasteiger partial charge in [0.05, 0.1) is 22.2 Å². The van der Waals surface area contributed by atoms with Gasteiger partial charge in [-0.1, -0.05) is 84.9 Å². The maximum Gasteiger partial charge on any atom is 0.336 e. The fraction of sp³-hybridized carbons (Fsp3) is 0.233. The Morgan fingerprint density at radius 3 is 2.00 bits per heavy atom. The molecule has 0 saturated heterocycles. The van der Waals surface area contributed by atoms with Crippen molar-refractivity contribution in [3.05, 3.63) is 120 Å². The average Bonchev–Trinajstić information content (AvgIpc) is 3.25. The summed E-state index contributed by atoms with van der Waals surface area (Å²) in [5.41, 5.74) is 2.38. The van der Waals surface area contributed by atoms with E-state index in [9.17, 15) is 13.2 Å². The van der Waals surface area contributed by atoms with Crippen LogP contribution in [0, 0.1) is 6.92 Å². The summed E-state index contributed by atoms with van der Waals surface area (Å²) in [5, 5.41) is 0. The van der Waals surface area contributed by atoms with Crippen molar-refractivity contribution in [3.63, 3.8) is 0 Å². The van der Waals surface area contributed by atoms with Gasteiger partial charge in [0.25, 0.3) is 10.0 Å². The summed E-state index contributed by atoms with van der Waals surface area (Å²) in [5.74, 6) is -1.07. The van der Waals surface area contributed by atoms with Crippen LogP contribution in [0.2, 0.25) is 0 Å². The normalized spacial score (nSPS) is 18.0. The number of carbonyl (C=O) groups excluding carboxylic acids is 1. The van der Waals surface area contributed by atoms with E-state index >= 15 is 0 Å². The third kappa shape index (κ3) is 5.14. The number of carbonyl (C=O) groups is 1. The largest absolute Gasteiger partial charge is 0.457 e. The van der Waals surface area contributed by atoms with E-state index < -0.39 is 33.6 Å². The minimum Gasteiger partial charge on any atom is -0.457 e. The van der Waals surface area contributed by atoms with Crippen LogP contribution >= 0.6 is 0 Å². The number of hydrogen-bond donors (Lipinski definition) is 0. The number of nitrogens with zero attached hydrogens (tertiary/aromatic N) is 1. The zero-order valence-electron chi connectivity index (χ0n) is 21.0. The lowest BCUT2D eigenvalue weighted by molar-refractivity contribution is -0.150. The van der Waals surface area contributed by atoms with E-state index in [1.807, 2.05) is 73.7 Å². The molecule has 0 aromatic heterocycles. The molecule has 0 unspecified atom stereocenters. The molecule has 3 aromatic carbocycles. The van der Waals surface area contributed by atoms with Gasteiger partial charge in [-0.15, -0.1) is 0 Å². The Balaban J connectivity index is 1.93. The molecule has 36 heavy (non-hydrogen) atoms.